The van der Waals surface area contributed by atoms with Gasteiger partial charge in [-0.25, -0.2) is 0 Å². The average molecular weight is 470 g/mol. The van der Waals surface area contributed by atoms with Crippen LogP contribution in [0.1, 0.15) is 0 Å². The topological polar surface area (TPSA) is 41.9 Å². The van der Waals surface area contributed by atoms with Gasteiger partial charge in [0.05, 0.1) is 19.9 Å². The van der Waals surface area contributed by atoms with Crippen LogP contribution in [0.2, 0.25) is 0 Å². The van der Waals surface area contributed by atoms with E-state index in [1.165, 1.54) is 15.8 Å². The Balaban J connectivity index is 1.61. The Bertz CT molecular complexity index is 1500. The molecule has 0 unspecified atom stereocenters. The summed E-state index contributed by atoms with van der Waals surface area (Å²) in [7, 11) is 5.47. The zero-order chi connectivity index (χ0) is 23.2. The summed E-state index contributed by atoms with van der Waals surface area (Å²) in [6.45, 7) is 0.270. The first-order chi connectivity index (χ1) is 16.7. The van der Waals surface area contributed by atoms with E-state index in [4.69, 9.17) is 18.9 Å². The van der Waals surface area contributed by atoms with E-state index >= 15 is 0 Å². The van der Waals surface area contributed by atoms with Crippen molar-refractivity contribution in [2.24, 2.45) is 7.05 Å². The van der Waals surface area contributed by atoms with Crippen LogP contribution in [-0.4, -0.2) is 25.6 Å². The highest BCUT2D eigenvalue weighted by Crippen LogP contribution is 2.45. The molecule has 6 rings (SSSR count). The minimum absolute atomic E-state index is 0.270. The van der Waals surface area contributed by atoms with E-state index in [-0.39, 0.29) is 6.79 Å². The molecule has 0 N–H and O–H groups in total. The standard InChI is InChI=1S/C28H23NO4S/c1-29-23-8-6-17(18-7-9-24-25(14-18)33-16-32-24)13-22(23)27(26-5-4-10-34-26)28(29)19-11-20(30-2)15-21(12-19)31-3/h4-15H,16H2,1-3H3. The number of aromatic nitrogens is 1. The molecule has 5 nitrogen and oxygen atoms in total. The summed E-state index contributed by atoms with van der Waals surface area (Å²) < 4.78 is 24.5. The van der Waals surface area contributed by atoms with Gasteiger partial charge in [0.25, 0.3) is 0 Å². The molecule has 3 heterocycles. The molecule has 0 atom stereocenters. The molecule has 0 saturated heterocycles. The lowest BCUT2D eigenvalue weighted by molar-refractivity contribution is 0.174. The Morgan fingerprint density at radius 2 is 1.53 bits per heavy atom. The van der Waals surface area contributed by atoms with E-state index < -0.39 is 0 Å². The maximum atomic E-state index is 5.61. The van der Waals surface area contributed by atoms with Crippen molar-refractivity contribution < 1.29 is 18.9 Å². The van der Waals surface area contributed by atoms with Crippen LogP contribution in [-0.2, 0) is 7.05 Å². The van der Waals surface area contributed by atoms with Crippen molar-refractivity contribution in [3.63, 3.8) is 0 Å². The molecule has 0 fully saturated rings. The van der Waals surface area contributed by atoms with Gasteiger partial charge in [-0.05, 0) is 59.0 Å². The molecule has 5 aromatic rings. The molecule has 0 amide bonds. The van der Waals surface area contributed by atoms with Crippen LogP contribution in [0.3, 0.4) is 0 Å². The van der Waals surface area contributed by atoms with Gasteiger partial charge in [-0.15, -0.1) is 11.3 Å². The van der Waals surface area contributed by atoms with E-state index in [2.05, 4.69) is 65.5 Å². The molecule has 0 saturated carbocycles. The fourth-order valence-electron chi connectivity index (χ4n) is 4.65. The summed E-state index contributed by atoms with van der Waals surface area (Å²) in [5, 5.41) is 3.31. The number of benzene rings is 3. The van der Waals surface area contributed by atoms with E-state index in [0.717, 1.165) is 50.9 Å². The first-order valence-electron chi connectivity index (χ1n) is 11.0. The number of fused-ring (bicyclic) bond motifs is 2. The van der Waals surface area contributed by atoms with Gasteiger partial charge in [0.2, 0.25) is 6.79 Å². The van der Waals surface area contributed by atoms with Crippen LogP contribution < -0.4 is 18.9 Å². The average Bonchev–Trinajstić information content (AvgIpc) is 3.62. The van der Waals surface area contributed by atoms with E-state index in [1.807, 2.05) is 18.2 Å². The fraction of sp³-hybridized carbons (Fsp3) is 0.143. The molecule has 1 aliphatic rings. The Kier molecular flexibility index (Phi) is 4.96. The quantitative estimate of drug-likeness (QED) is 0.278. The summed E-state index contributed by atoms with van der Waals surface area (Å²) in [6, 6.07) is 23.0. The van der Waals surface area contributed by atoms with Gasteiger partial charge in [0.15, 0.2) is 11.5 Å². The van der Waals surface area contributed by atoms with Crippen molar-refractivity contribution in [3.05, 3.63) is 72.1 Å². The van der Waals surface area contributed by atoms with Gasteiger partial charge in [0, 0.05) is 40.0 Å². The SMILES string of the molecule is COc1cc(OC)cc(-c2c(-c3cccs3)c3cc(-c4ccc5c(c4)OCO5)ccc3n2C)c1. The highest BCUT2D eigenvalue weighted by atomic mass is 32.1. The first-order valence-corrected chi connectivity index (χ1v) is 11.8. The zero-order valence-electron chi connectivity index (χ0n) is 19.1. The molecule has 1 aliphatic heterocycles. The van der Waals surface area contributed by atoms with Gasteiger partial charge in [-0.1, -0.05) is 18.2 Å². The lowest BCUT2D eigenvalue weighted by Gasteiger charge is -2.11. The van der Waals surface area contributed by atoms with Crippen molar-refractivity contribution in [2.45, 2.75) is 0 Å². The van der Waals surface area contributed by atoms with Crippen molar-refractivity contribution >= 4 is 22.2 Å². The summed E-state index contributed by atoms with van der Waals surface area (Å²) in [6.07, 6.45) is 0. The molecule has 6 heteroatoms. The van der Waals surface area contributed by atoms with Crippen molar-refractivity contribution in [1.29, 1.82) is 0 Å². The largest absolute Gasteiger partial charge is 0.497 e. The Hall–Kier alpha value is -3.90. The molecule has 170 valence electrons. The summed E-state index contributed by atoms with van der Waals surface area (Å²) in [5.74, 6) is 3.10. The molecule has 2 aromatic heterocycles. The highest BCUT2D eigenvalue weighted by Gasteiger charge is 2.21. The second-order valence-corrected chi connectivity index (χ2v) is 9.11. The molecule has 0 spiro atoms. The van der Waals surface area contributed by atoms with E-state index in [9.17, 15) is 0 Å². The number of hydrogen-bond donors (Lipinski definition) is 0. The molecule has 3 aromatic carbocycles. The summed E-state index contributed by atoms with van der Waals surface area (Å²) >= 11 is 1.74. The molecule has 0 aliphatic carbocycles. The number of thiophene rings is 1. The predicted octanol–water partition coefficient (Wildman–Crippen LogP) is 6.99. The third-order valence-electron chi connectivity index (χ3n) is 6.30. The van der Waals surface area contributed by atoms with Crippen molar-refractivity contribution in [3.8, 4) is 55.8 Å². The van der Waals surface area contributed by atoms with Crippen LogP contribution in [0.5, 0.6) is 23.0 Å². The van der Waals surface area contributed by atoms with Crippen LogP contribution in [0, 0.1) is 0 Å². The predicted molar refractivity (Wildman–Crippen MR) is 136 cm³/mol. The van der Waals surface area contributed by atoms with E-state index in [1.54, 1.807) is 25.6 Å². The Morgan fingerprint density at radius 3 is 2.26 bits per heavy atom. The van der Waals surface area contributed by atoms with Gasteiger partial charge in [0.1, 0.15) is 11.5 Å². The maximum Gasteiger partial charge on any atom is 0.231 e. The third-order valence-corrected chi connectivity index (χ3v) is 7.19. The number of methoxy groups -OCH3 is 2. The van der Waals surface area contributed by atoms with Crippen LogP contribution in [0.4, 0.5) is 0 Å². The van der Waals surface area contributed by atoms with Gasteiger partial charge < -0.3 is 23.5 Å². The van der Waals surface area contributed by atoms with Gasteiger partial charge in [-0.3, -0.25) is 0 Å². The summed E-state index contributed by atoms with van der Waals surface area (Å²) in [5.41, 5.74) is 6.75. The molecular weight excluding hydrogens is 446 g/mol. The van der Waals surface area contributed by atoms with Crippen LogP contribution in [0.15, 0.2) is 72.1 Å². The number of hydrogen-bond acceptors (Lipinski definition) is 5. The van der Waals surface area contributed by atoms with Crippen LogP contribution >= 0.6 is 11.3 Å². The minimum atomic E-state index is 0.270. The maximum absolute atomic E-state index is 5.61. The van der Waals surface area contributed by atoms with Crippen molar-refractivity contribution in [1.82, 2.24) is 4.57 Å². The monoisotopic (exact) mass is 469 g/mol. The fourth-order valence-corrected chi connectivity index (χ4v) is 5.44. The number of nitrogens with zero attached hydrogens (tertiary/aromatic N) is 1. The number of ether oxygens (including phenoxy) is 4. The lowest BCUT2D eigenvalue weighted by Crippen LogP contribution is -1.95. The molecule has 0 bridgehead atoms. The molecule has 0 radical (unpaired) electrons. The van der Waals surface area contributed by atoms with E-state index in [0.29, 0.717) is 0 Å². The Labute approximate surface area is 201 Å². The lowest BCUT2D eigenvalue weighted by atomic mass is 9.99. The Morgan fingerprint density at radius 1 is 0.794 bits per heavy atom. The number of rotatable bonds is 5. The third kappa shape index (κ3) is 3.30. The molecule has 34 heavy (non-hydrogen) atoms. The highest BCUT2D eigenvalue weighted by molar-refractivity contribution is 7.13. The first kappa shape index (κ1) is 20.7. The van der Waals surface area contributed by atoms with Crippen LogP contribution in [0.25, 0.3) is 43.7 Å². The zero-order valence-corrected chi connectivity index (χ0v) is 19.9. The van der Waals surface area contributed by atoms with Gasteiger partial charge >= 0.3 is 0 Å². The second kappa shape index (κ2) is 8.15. The van der Waals surface area contributed by atoms with Crippen molar-refractivity contribution in [2.75, 3.05) is 21.0 Å². The minimum Gasteiger partial charge on any atom is -0.497 e. The number of aryl methyl sites for hydroxylation is 1. The molecular formula is C28H23NO4S. The smallest absolute Gasteiger partial charge is 0.231 e. The normalized spacial score (nSPS) is 12.3. The summed E-state index contributed by atoms with van der Waals surface area (Å²) in [4.78, 5) is 1.21. The second-order valence-electron chi connectivity index (χ2n) is 8.16. The van der Waals surface area contributed by atoms with Gasteiger partial charge in [-0.2, -0.15) is 0 Å².